The van der Waals surface area contributed by atoms with E-state index in [2.05, 4.69) is 25.8 Å². The van der Waals surface area contributed by atoms with E-state index in [0.29, 0.717) is 38.9 Å². The van der Waals surface area contributed by atoms with Gasteiger partial charge in [0.1, 0.15) is 10.4 Å². The minimum atomic E-state index is -0.627. The van der Waals surface area contributed by atoms with Gasteiger partial charge in [0.25, 0.3) is 5.91 Å². The lowest BCUT2D eigenvalue weighted by Crippen LogP contribution is -2.19. The molecular formula is C21H27ClN2O3S. The van der Waals surface area contributed by atoms with Crippen LogP contribution in [0.15, 0.2) is 29.4 Å². The Bertz CT molecular complexity index is 922. The molecule has 1 amide bonds. The fourth-order valence-electron chi connectivity index (χ4n) is 3.17. The molecular weight excluding hydrogens is 396 g/mol. The normalized spacial score (nSPS) is 16.7. The molecule has 0 spiro atoms. The third kappa shape index (κ3) is 4.67. The van der Waals surface area contributed by atoms with E-state index in [4.69, 9.17) is 16.3 Å². The number of benzene rings is 1. The standard InChI is InChI=1S/C21H27ClN2O3S/c1-21(2,3)24-12-16(17(25)10-13-6-5-7-13)20(28-24)23-19(26)15-11-14(22)8-9-18(15)27-4/h8-9,11-13,17,25H,5-7,10H2,1-4H3. The van der Waals surface area contributed by atoms with Gasteiger partial charge in [-0.2, -0.15) is 4.99 Å². The molecule has 1 fully saturated rings. The zero-order valence-electron chi connectivity index (χ0n) is 16.7. The zero-order chi connectivity index (χ0) is 20.5. The molecule has 3 rings (SSSR count). The minimum absolute atomic E-state index is 0.166. The Morgan fingerprint density at radius 2 is 2.14 bits per heavy atom. The predicted molar refractivity (Wildman–Crippen MR) is 112 cm³/mol. The van der Waals surface area contributed by atoms with Gasteiger partial charge < -0.3 is 9.84 Å². The SMILES string of the molecule is COc1ccc(Cl)cc1C(=O)N=c1sn(C(C)(C)C)cc1C(O)CC1CCC1. The zero-order valence-corrected chi connectivity index (χ0v) is 18.3. The van der Waals surface area contributed by atoms with E-state index in [1.165, 1.54) is 25.1 Å². The van der Waals surface area contributed by atoms with Crippen LogP contribution in [0, 0.1) is 5.92 Å². The summed E-state index contributed by atoms with van der Waals surface area (Å²) in [6.45, 7) is 6.24. The molecule has 1 aromatic heterocycles. The van der Waals surface area contributed by atoms with Gasteiger partial charge in [0.15, 0.2) is 0 Å². The number of aromatic nitrogens is 1. The van der Waals surface area contributed by atoms with Gasteiger partial charge in [0.2, 0.25) is 0 Å². The number of hydrogen-bond donors (Lipinski definition) is 1. The van der Waals surface area contributed by atoms with E-state index < -0.39 is 12.0 Å². The average Bonchev–Trinajstić information content (AvgIpc) is 3.02. The first-order valence-corrected chi connectivity index (χ1v) is 10.7. The monoisotopic (exact) mass is 422 g/mol. The summed E-state index contributed by atoms with van der Waals surface area (Å²) in [5.41, 5.74) is 0.853. The van der Waals surface area contributed by atoms with Crippen molar-refractivity contribution in [3.8, 4) is 5.75 Å². The lowest BCUT2D eigenvalue weighted by molar-refractivity contribution is 0.0994. The Kier molecular flexibility index (Phi) is 6.32. The maximum Gasteiger partial charge on any atom is 0.282 e. The largest absolute Gasteiger partial charge is 0.496 e. The second-order valence-electron chi connectivity index (χ2n) is 8.29. The second kappa shape index (κ2) is 8.39. The van der Waals surface area contributed by atoms with Gasteiger partial charge in [-0.3, -0.25) is 8.75 Å². The van der Waals surface area contributed by atoms with E-state index in [1.54, 1.807) is 18.2 Å². The van der Waals surface area contributed by atoms with Crippen molar-refractivity contribution in [2.24, 2.45) is 10.9 Å². The maximum absolute atomic E-state index is 12.9. The molecule has 1 aliphatic carbocycles. The van der Waals surface area contributed by atoms with Crippen LogP contribution in [-0.2, 0) is 5.54 Å². The lowest BCUT2D eigenvalue weighted by Gasteiger charge is -2.27. The second-order valence-corrected chi connectivity index (χ2v) is 9.69. The quantitative estimate of drug-likeness (QED) is 0.742. The average molecular weight is 423 g/mol. The van der Waals surface area contributed by atoms with Crippen molar-refractivity contribution in [2.75, 3.05) is 7.11 Å². The van der Waals surface area contributed by atoms with E-state index in [-0.39, 0.29) is 5.54 Å². The Morgan fingerprint density at radius 1 is 1.43 bits per heavy atom. The molecule has 0 aliphatic heterocycles. The topological polar surface area (TPSA) is 63.8 Å². The molecule has 152 valence electrons. The fraction of sp³-hybridized carbons (Fsp3) is 0.524. The number of rotatable bonds is 5. The summed E-state index contributed by atoms with van der Waals surface area (Å²) in [6, 6.07) is 4.88. The van der Waals surface area contributed by atoms with E-state index in [0.717, 1.165) is 12.8 Å². The number of nitrogens with zero attached hydrogens (tertiary/aromatic N) is 2. The van der Waals surface area contributed by atoms with Crippen LogP contribution in [0.5, 0.6) is 5.75 Å². The van der Waals surface area contributed by atoms with Crippen molar-refractivity contribution >= 4 is 29.0 Å². The predicted octanol–water partition coefficient (Wildman–Crippen LogP) is 4.93. The number of aliphatic hydroxyl groups is 1. The summed E-state index contributed by atoms with van der Waals surface area (Å²) in [6.07, 6.45) is 5.55. The van der Waals surface area contributed by atoms with Crippen LogP contribution < -0.4 is 9.41 Å². The van der Waals surface area contributed by atoms with E-state index in [9.17, 15) is 9.90 Å². The van der Waals surface area contributed by atoms with Crippen molar-refractivity contribution in [2.45, 2.75) is 58.1 Å². The number of carbonyl (C=O) groups is 1. The van der Waals surface area contributed by atoms with Gasteiger partial charge in [0, 0.05) is 22.3 Å². The molecule has 1 aliphatic rings. The summed E-state index contributed by atoms with van der Waals surface area (Å²) in [4.78, 5) is 17.2. The fourth-order valence-corrected chi connectivity index (χ4v) is 4.39. The Hall–Kier alpha value is -1.63. The highest BCUT2D eigenvalue weighted by atomic mass is 35.5. The molecule has 0 bridgehead atoms. The van der Waals surface area contributed by atoms with Gasteiger partial charge in [-0.15, -0.1) is 0 Å². The van der Waals surface area contributed by atoms with Crippen molar-refractivity contribution in [1.82, 2.24) is 3.96 Å². The molecule has 2 aromatic rings. The van der Waals surface area contributed by atoms with Crippen LogP contribution in [0.4, 0.5) is 0 Å². The molecule has 1 heterocycles. The first-order chi connectivity index (χ1) is 13.2. The molecule has 1 aromatic carbocycles. The highest BCUT2D eigenvalue weighted by Gasteiger charge is 2.25. The number of amides is 1. The number of methoxy groups -OCH3 is 1. The van der Waals surface area contributed by atoms with Crippen molar-refractivity contribution in [1.29, 1.82) is 0 Å². The van der Waals surface area contributed by atoms with Crippen LogP contribution in [0.2, 0.25) is 5.02 Å². The van der Waals surface area contributed by atoms with Crippen LogP contribution in [0.1, 0.15) is 68.5 Å². The number of hydrogen-bond acceptors (Lipinski definition) is 4. The summed E-state index contributed by atoms with van der Waals surface area (Å²) in [5.74, 6) is 0.545. The Balaban J connectivity index is 2.02. The van der Waals surface area contributed by atoms with Gasteiger partial charge in [-0.05, 0) is 62.8 Å². The van der Waals surface area contributed by atoms with Crippen LogP contribution in [0.25, 0.3) is 0 Å². The third-order valence-corrected chi connectivity index (χ3v) is 6.67. The molecule has 7 heteroatoms. The van der Waals surface area contributed by atoms with E-state index >= 15 is 0 Å². The molecule has 1 unspecified atom stereocenters. The maximum atomic E-state index is 12.9. The van der Waals surface area contributed by atoms with Crippen molar-refractivity contribution < 1.29 is 14.6 Å². The Labute approximate surface area is 174 Å². The molecule has 1 saturated carbocycles. The number of aliphatic hydroxyl groups excluding tert-OH is 1. The van der Waals surface area contributed by atoms with Crippen LogP contribution in [0.3, 0.4) is 0 Å². The smallest absolute Gasteiger partial charge is 0.282 e. The summed E-state index contributed by atoms with van der Waals surface area (Å²) >= 11 is 7.44. The lowest BCUT2D eigenvalue weighted by atomic mass is 9.81. The van der Waals surface area contributed by atoms with Gasteiger partial charge in [-0.25, -0.2) is 0 Å². The summed E-state index contributed by atoms with van der Waals surface area (Å²) in [7, 11) is 1.51. The van der Waals surface area contributed by atoms with Crippen LogP contribution >= 0.6 is 23.1 Å². The molecule has 1 N–H and O–H groups in total. The molecule has 5 nitrogen and oxygen atoms in total. The summed E-state index contributed by atoms with van der Waals surface area (Å²) < 4.78 is 7.85. The molecule has 1 atom stereocenters. The third-order valence-electron chi connectivity index (χ3n) is 5.08. The first-order valence-electron chi connectivity index (χ1n) is 9.53. The first kappa shape index (κ1) is 21.1. The minimum Gasteiger partial charge on any atom is -0.496 e. The summed E-state index contributed by atoms with van der Waals surface area (Å²) in [5, 5.41) is 11.3. The molecule has 0 radical (unpaired) electrons. The van der Waals surface area contributed by atoms with Gasteiger partial charge >= 0.3 is 0 Å². The van der Waals surface area contributed by atoms with Gasteiger partial charge in [0.05, 0.1) is 18.8 Å². The van der Waals surface area contributed by atoms with Crippen LogP contribution in [-0.4, -0.2) is 22.1 Å². The van der Waals surface area contributed by atoms with E-state index in [1.807, 2.05) is 10.2 Å². The highest BCUT2D eigenvalue weighted by molar-refractivity contribution is 7.04. The number of carbonyl (C=O) groups excluding carboxylic acids is 1. The number of ether oxygens (including phenoxy) is 1. The Morgan fingerprint density at radius 3 is 2.71 bits per heavy atom. The molecule has 28 heavy (non-hydrogen) atoms. The van der Waals surface area contributed by atoms with Gasteiger partial charge in [-0.1, -0.05) is 30.9 Å². The van der Waals surface area contributed by atoms with Crippen molar-refractivity contribution in [3.05, 3.63) is 45.2 Å². The molecule has 0 saturated heterocycles. The highest BCUT2D eigenvalue weighted by Crippen LogP contribution is 2.34. The van der Waals surface area contributed by atoms with Crippen molar-refractivity contribution in [3.63, 3.8) is 0 Å². The number of halogens is 1.